The second-order valence-electron chi connectivity index (χ2n) is 5.75. The summed E-state index contributed by atoms with van der Waals surface area (Å²) in [6, 6.07) is 6.82. The van der Waals surface area contributed by atoms with Gasteiger partial charge in [-0.25, -0.2) is 0 Å². The maximum Gasteiger partial charge on any atom is 0.0760 e. The highest BCUT2D eigenvalue weighted by Gasteiger charge is 2.15. The zero-order valence-electron chi connectivity index (χ0n) is 12.6. The standard InChI is InChI=1S/C18H24N2/c1-3-11-19-17-12-14(4-2)20-18-15-8-6-5-7-13(15)9-10-16(17)18/h9-10,12H,3-8,11H2,1-2H3,(H,19,20). The first-order valence-electron chi connectivity index (χ1n) is 8.01. The van der Waals surface area contributed by atoms with E-state index in [1.54, 1.807) is 0 Å². The Labute approximate surface area is 121 Å². The fourth-order valence-electron chi connectivity index (χ4n) is 3.16. The largest absolute Gasteiger partial charge is 0.384 e. The number of aryl methyl sites for hydroxylation is 3. The van der Waals surface area contributed by atoms with E-state index in [0.717, 1.165) is 19.4 Å². The number of fused-ring (bicyclic) bond motifs is 3. The summed E-state index contributed by atoms with van der Waals surface area (Å²) in [4.78, 5) is 4.94. The summed E-state index contributed by atoms with van der Waals surface area (Å²) in [6.45, 7) is 5.42. The predicted octanol–water partition coefficient (Wildman–Crippen LogP) is 4.50. The van der Waals surface area contributed by atoms with Gasteiger partial charge in [-0.2, -0.15) is 0 Å². The number of hydrogen-bond donors (Lipinski definition) is 1. The summed E-state index contributed by atoms with van der Waals surface area (Å²) in [5.74, 6) is 0. The van der Waals surface area contributed by atoms with Crippen LogP contribution in [0.15, 0.2) is 18.2 Å². The summed E-state index contributed by atoms with van der Waals surface area (Å²) < 4.78 is 0. The average molecular weight is 268 g/mol. The lowest BCUT2D eigenvalue weighted by atomic mass is 9.89. The Morgan fingerprint density at radius 3 is 2.80 bits per heavy atom. The lowest BCUT2D eigenvalue weighted by Crippen LogP contribution is -2.07. The average Bonchev–Trinajstić information content (AvgIpc) is 2.52. The maximum absolute atomic E-state index is 4.94. The van der Waals surface area contributed by atoms with E-state index in [2.05, 4.69) is 37.4 Å². The van der Waals surface area contributed by atoms with E-state index in [1.165, 1.54) is 59.1 Å². The van der Waals surface area contributed by atoms with Crippen LogP contribution in [0.25, 0.3) is 10.9 Å². The number of nitrogens with one attached hydrogen (secondary N) is 1. The van der Waals surface area contributed by atoms with Gasteiger partial charge in [0.1, 0.15) is 0 Å². The number of hydrogen-bond acceptors (Lipinski definition) is 2. The predicted molar refractivity (Wildman–Crippen MR) is 86.5 cm³/mol. The maximum atomic E-state index is 4.94. The molecule has 0 bridgehead atoms. The van der Waals surface area contributed by atoms with Gasteiger partial charge in [0, 0.05) is 23.3 Å². The second-order valence-corrected chi connectivity index (χ2v) is 5.75. The van der Waals surface area contributed by atoms with Crippen LogP contribution in [0.2, 0.25) is 0 Å². The highest BCUT2D eigenvalue weighted by atomic mass is 14.9. The van der Waals surface area contributed by atoms with Crippen LogP contribution in [-0.2, 0) is 19.3 Å². The third-order valence-corrected chi connectivity index (χ3v) is 4.29. The van der Waals surface area contributed by atoms with Crippen LogP contribution in [0.3, 0.4) is 0 Å². The van der Waals surface area contributed by atoms with E-state index in [-0.39, 0.29) is 0 Å². The van der Waals surface area contributed by atoms with E-state index < -0.39 is 0 Å². The molecule has 0 saturated carbocycles. The minimum Gasteiger partial charge on any atom is -0.384 e. The Hall–Kier alpha value is -1.57. The van der Waals surface area contributed by atoms with Crippen molar-refractivity contribution in [3.8, 4) is 0 Å². The molecule has 1 N–H and O–H groups in total. The third kappa shape index (κ3) is 2.39. The Bertz CT molecular complexity index is 616. The smallest absolute Gasteiger partial charge is 0.0760 e. The normalized spacial score (nSPS) is 14.3. The SMILES string of the molecule is CCCNc1cc(CC)nc2c3c(ccc12)CCCC3. The van der Waals surface area contributed by atoms with Crippen molar-refractivity contribution >= 4 is 16.6 Å². The Balaban J connectivity index is 2.18. The van der Waals surface area contributed by atoms with Gasteiger partial charge in [-0.05, 0) is 55.7 Å². The van der Waals surface area contributed by atoms with Gasteiger partial charge < -0.3 is 5.32 Å². The molecule has 2 heteroatoms. The molecule has 0 spiro atoms. The van der Waals surface area contributed by atoms with Crippen molar-refractivity contribution in [3.05, 3.63) is 35.0 Å². The summed E-state index contributed by atoms with van der Waals surface area (Å²) in [5, 5.41) is 4.88. The third-order valence-electron chi connectivity index (χ3n) is 4.29. The minimum absolute atomic E-state index is 1.00. The lowest BCUT2D eigenvalue weighted by molar-refractivity contribution is 0.688. The quantitative estimate of drug-likeness (QED) is 0.883. The molecule has 0 fully saturated rings. The van der Waals surface area contributed by atoms with E-state index in [4.69, 9.17) is 4.98 Å². The first-order chi connectivity index (χ1) is 9.83. The molecule has 1 aliphatic rings. The highest BCUT2D eigenvalue weighted by molar-refractivity contribution is 5.94. The first kappa shape index (κ1) is 13.4. The first-order valence-corrected chi connectivity index (χ1v) is 8.01. The molecule has 1 heterocycles. The molecule has 0 atom stereocenters. The molecule has 1 aromatic heterocycles. The van der Waals surface area contributed by atoms with Crippen molar-refractivity contribution in [2.24, 2.45) is 0 Å². The molecule has 0 radical (unpaired) electrons. The second kappa shape index (κ2) is 5.82. The van der Waals surface area contributed by atoms with Gasteiger partial charge in [-0.3, -0.25) is 4.98 Å². The molecule has 1 aliphatic carbocycles. The van der Waals surface area contributed by atoms with Crippen molar-refractivity contribution in [2.75, 3.05) is 11.9 Å². The molecule has 2 nitrogen and oxygen atoms in total. The number of aromatic nitrogens is 1. The van der Waals surface area contributed by atoms with E-state index in [1.807, 2.05) is 0 Å². The molecular weight excluding hydrogens is 244 g/mol. The zero-order chi connectivity index (χ0) is 13.9. The van der Waals surface area contributed by atoms with Gasteiger partial charge in [0.25, 0.3) is 0 Å². The summed E-state index contributed by atoms with van der Waals surface area (Å²) in [7, 11) is 0. The minimum atomic E-state index is 1.00. The number of pyridine rings is 1. The van der Waals surface area contributed by atoms with Crippen LogP contribution >= 0.6 is 0 Å². The molecule has 0 unspecified atom stereocenters. The van der Waals surface area contributed by atoms with Crippen molar-refractivity contribution < 1.29 is 0 Å². The van der Waals surface area contributed by atoms with E-state index in [9.17, 15) is 0 Å². The highest BCUT2D eigenvalue weighted by Crippen LogP contribution is 2.32. The van der Waals surface area contributed by atoms with Crippen molar-refractivity contribution in [3.63, 3.8) is 0 Å². The van der Waals surface area contributed by atoms with Crippen molar-refractivity contribution in [1.29, 1.82) is 0 Å². The van der Waals surface area contributed by atoms with Gasteiger partial charge >= 0.3 is 0 Å². The van der Waals surface area contributed by atoms with Gasteiger partial charge in [-0.1, -0.05) is 26.0 Å². The van der Waals surface area contributed by atoms with E-state index >= 15 is 0 Å². The Morgan fingerprint density at radius 1 is 1.15 bits per heavy atom. The molecular formula is C18H24N2. The topological polar surface area (TPSA) is 24.9 Å². The lowest BCUT2D eigenvalue weighted by Gasteiger charge is -2.19. The Morgan fingerprint density at radius 2 is 2.00 bits per heavy atom. The van der Waals surface area contributed by atoms with Crippen molar-refractivity contribution in [1.82, 2.24) is 4.98 Å². The van der Waals surface area contributed by atoms with Gasteiger partial charge in [0.2, 0.25) is 0 Å². The monoisotopic (exact) mass is 268 g/mol. The number of benzene rings is 1. The molecule has 20 heavy (non-hydrogen) atoms. The zero-order valence-corrected chi connectivity index (χ0v) is 12.6. The number of nitrogens with zero attached hydrogens (tertiary/aromatic N) is 1. The fourth-order valence-corrected chi connectivity index (χ4v) is 3.16. The molecule has 0 saturated heterocycles. The van der Waals surface area contributed by atoms with Crippen LogP contribution in [0.5, 0.6) is 0 Å². The molecule has 0 aliphatic heterocycles. The van der Waals surface area contributed by atoms with E-state index in [0.29, 0.717) is 0 Å². The molecule has 2 aromatic rings. The molecule has 0 amide bonds. The molecule has 106 valence electrons. The van der Waals surface area contributed by atoms with Crippen LogP contribution in [0.1, 0.15) is 49.9 Å². The van der Waals surface area contributed by atoms with Gasteiger partial charge in [0.05, 0.1) is 5.52 Å². The number of rotatable bonds is 4. The van der Waals surface area contributed by atoms with Crippen LogP contribution < -0.4 is 5.32 Å². The number of anilines is 1. The molecule has 3 rings (SSSR count). The molecule has 1 aromatic carbocycles. The summed E-state index contributed by atoms with van der Waals surface area (Å²) in [5.41, 5.74) is 6.74. The van der Waals surface area contributed by atoms with Gasteiger partial charge in [0.15, 0.2) is 0 Å². The van der Waals surface area contributed by atoms with Crippen LogP contribution in [0, 0.1) is 0 Å². The summed E-state index contributed by atoms with van der Waals surface area (Å²) in [6.07, 6.45) is 7.20. The summed E-state index contributed by atoms with van der Waals surface area (Å²) >= 11 is 0. The Kier molecular flexibility index (Phi) is 3.90. The van der Waals surface area contributed by atoms with Crippen LogP contribution in [0.4, 0.5) is 5.69 Å². The van der Waals surface area contributed by atoms with Crippen molar-refractivity contribution in [2.45, 2.75) is 52.4 Å². The fraction of sp³-hybridized carbons (Fsp3) is 0.500. The van der Waals surface area contributed by atoms with Crippen LogP contribution in [-0.4, -0.2) is 11.5 Å². The van der Waals surface area contributed by atoms with Gasteiger partial charge in [-0.15, -0.1) is 0 Å².